The van der Waals surface area contributed by atoms with Crippen LogP contribution in [-0.2, 0) is 14.3 Å². The van der Waals surface area contributed by atoms with Crippen LogP contribution >= 0.6 is 0 Å². The normalized spacial score (nSPS) is 20.3. The van der Waals surface area contributed by atoms with Crippen molar-refractivity contribution in [3.8, 4) is 0 Å². The fraction of sp³-hybridized carbons (Fsp3) is 0.818. The molecule has 16 heavy (non-hydrogen) atoms. The van der Waals surface area contributed by atoms with Crippen LogP contribution in [0.4, 0.5) is 0 Å². The zero-order chi connectivity index (χ0) is 11.8. The molecule has 5 nitrogen and oxygen atoms in total. The Balaban J connectivity index is 2.15. The fourth-order valence-electron chi connectivity index (χ4n) is 1.58. The van der Waals surface area contributed by atoms with E-state index in [0.717, 1.165) is 19.3 Å². The smallest absolute Gasteiger partial charge is 0.307 e. The summed E-state index contributed by atoms with van der Waals surface area (Å²) in [6.45, 7) is 3.89. The summed E-state index contributed by atoms with van der Waals surface area (Å²) in [4.78, 5) is 22.7. The lowest BCUT2D eigenvalue weighted by Crippen LogP contribution is -2.53. The van der Waals surface area contributed by atoms with Crippen LogP contribution in [0.2, 0.25) is 0 Å². The van der Waals surface area contributed by atoms with E-state index in [1.165, 1.54) is 0 Å². The first-order chi connectivity index (χ1) is 7.74. The molecule has 1 fully saturated rings. The molecule has 0 aliphatic carbocycles. The predicted molar refractivity (Wildman–Crippen MR) is 59.9 cm³/mol. The van der Waals surface area contributed by atoms with E-state index in [4.69, 9.17) is 4.74 Å². The summed E-state index contributed by atoms with van der Waals surface area (Å²) in [7, 11) is 0. The van der Waals surface area contributed by atoms with Gasteiger partial charge in [-0.25, -0.2) is 0 Å². The van der Waals surface area contributed by atoms with Crippen LogP contribution in [0.3, 0.4) is 0 Å². The first kappa shape index (κ1) is 13.0. The van der Waals surface area contributed by atoms with E-state index >= 15 is 0 Å². The Morgan fingerprint density at radius 2 is 2.25 bits per heavy atom. The third-order valence-electron chi connectivity index (χ3n) is 2.51. The summed E-state index contributed by atoms with van der Waals surface area (Å²) in [5.41, 5.74) is 0. The van der Waals surface area contributed by atoms with Crippen molar-refractivity contribution in [1.82, 2.24) is 10.6 Å². The number of carbonyl (C=O) groups is 2. The molecule has 1 aliphatic rings. The lowest BCUT2D eigenvalue weighted by atomic mass is 10.1. The molecule has 0 bridgehead atoms. The summed E-state index contributed by atoms with van der Waals surface area (Å²) in [6.07, 6.45) is 3.18. The highest BCUT2D eigenvalue weighted by Gasteiger charge is 2.24. The lowest BCUT2D eigenvalue weighted by molar-refractivity contribution is -0.146. The maximum Gasteiger partial charge on any atom is 0.307 e. The van der Waals surface area contributed by atoms with Crippen LogP contribution in [0.15, 0.2) is 0 Å². The highest BCUT2D eigenvalue weighted by Crippen LogP contribution is 2.00. The third-order valence-corrected chi connectivity index (χ3v) is 2.51. The second kappa shape index (κ2) is 7.22. The molecule has 1 atom stereocenters. The summed E-state index contributed by atoms with van der Waals surface area (Å²) < 4.78 is 5.04. The van der Waals surface area contributed by atoms with Crippen molar-refractivity contribution >= 4 is 11.9 Å². The van der Waals surface area contributed by atoms with Gasteiger partial charge in [0.15, 0.2) is 0 Å². The number of rotatable bonds is 6. The molecule has 1 aliphatic heterocycles. The molecule has 0 saturated carbocycles. The van der Waals surface area contributed by atoms with Crippen molar-refractivity contribution in [2.24, 2.45) is 0 Å². The molecule has 92 valence electrons. The number of hydrogen-bond donors (Lipinski definition) is 2. The van der Waals surface area contributed by atoms with Crippen molar-refractivity contribution in [2.45, 2.75) is 38.6 Å². The summed E-state index contributed by atoms with van der Waals surface area (Å²) >= 11 is 0. The maximum atomic E-state index is 11.4. The monoisotopic (exact) mass is 228 g/mol. The van der Waals surface area contributed by atoms with Crippen LogP contribution in [-0.4, -0.2) is 37.6 Å². The van der Waals surface area contributed by atoms with Crippen molar-refractivity contribution in [1.29, 1.82) is 0 Å². The number of esters is 1. The first-order valence-electron chi connectivity index (χ1n) is 5.90. The third kappa shape index (κ3) is 4.61. The highest BCUT2D eigenvalue weighted by molar-refractivity contribution is 5.87. The van der Waals surface area contributed by atoms with Crippen LogP contribution in [0.5, 0.6) is 0 Å². The van der Waals surface area contributed by atoms with Crippen LogP contribution < -0.4 is 10.6 Å². The van der Waals surface area contributed by atoms with Gasteiger partial charge in [0.1, 0.15) is 0 Å². The quantitative estimate of drug-likeness (QED) is 0.503. The molecule has 0 unspecified atom stereocenters. The van der Waals surface area contributed by atoms with Crippen molar-refractivity contribution < 1.29 is 14.3 Å². The number of piperazine rings is 1. The van der Waals surface area contributed by atoms with E-state index in [2.05, 4.69) is 17.6 Å². The molecular weight excluding hydrogens is 208 g/mol. The molecule has 0 spiro atoms. The summed E-state index contributed by atoms with van der Waals surface area (Å²) in [6, 6.07) is -0.424. The minimum Gasteiger partial charge on any atom is -0.466 e. The van der Waals surface area contributed by atoms with Gasteiger partial charge >= 0.3 is 5.97 Å². The number of nitrogens with one attached hydrogen (secondary N) is 2. The molecule has 0 aromatic rings. The van der Waals surface area contributed by atoms with E-state index in [9.17, 15) is 9.59 Å². The number of carbonyl (C=O) groups excluding carboxylic acids is 2. The molecule has 0 radical (unpaired) electrons. The van der Waals surface area contributed by atoms with Gasteiger partial charge in [-0.15, -0.1) is 0 Å². The molecule has 1 saturated heterocycles. The van der Waals surface area contributed by atoms with Crippen molar-refractivity contribution in [3.63, 3.8) is 0 Å². The Kier molecular flexibility index (Phi) is 5.85. The topological polar surface area (TPSA) is 67.4 Å². The second-order valence-corrected chi connectivity index (χ2v) is 3.93. The van der Waals surface area contributed by atoms with E-state index in [-0.39, 0.29) is 18.3 Å². The molecular formula is C11H20N2O3. The Bertz CT molecular complexity index is 243. The van der Waals surface area contributed by atoms with Gasteiger partial charge in [0.05, 0.1) is 19.1 Å². The van der Waals surface area contributed by atoms with E-state index in [0.29, 0.717) is 19.7 Å². The largest absolute Gasteiger partial charge is 0.466 e. The summed E-state index contributed by atoms with van der Waals surface area (Å²) in [5.74, 6) is -0.414. The lowest BCUT2D eigenvalue weighted by Gasteiger charge is -2.22. The standard InChI is InChI=1S/C11H20N2O3/c1-2-3-4-7-16-10(14)8-9-11(15)13-6-5-12-9/h9,12H,2-8H2,1H3,(H,13,15)/t9-/m1/s1. The van der Waals surface area contributed by atoms with Gasteiger partial charge in [-0.3, -0.25) is 9.59 Å². The van der Waals surface area contributed by atoms with Gasteiger partial charge in [0.25, 0.3) is 0 Å². The second-order valence-electron chi connectivity index (χ2n) is 3.93. The number of amides is 1. The number of unbranched alkanes of at least 4 members (excludes halogenated alkanes) is 2. The van der Waals surface area contributed by atoms with Gasteiger partial charge in [-0.1, -0.05) is 19.8 Å². The maximum absolute atomic E-state index is 11.4. The highest BCUT2D eigenvalue weighted by atomic mass is 16.5. The Labute approximate surface area is 95.9 Å². The SMILES string of the molecule is CCCCCOC(=O)C[C@H]1NCCNC1=O. The van der Waals surface area contributed by atoms with Crippen LogP contribution in [0.1, 0.15) is 32.6 Å². The predicted octanol–water partition coefficient (Wildman–Crippen LogP) is 0.198. The zero-order valence-corrected chi connectivity index (χ0v) is 9.75. The fourth-order valence-corrected chi connectivity index (χ4v) is 1.58. The van der Waals surface area contributed by atoms with E-state index in [1.54, 1.807) is 0 Å². The van der Waals surface area contributed by atoms with Crippen LogP contribution in [0.25, 0.3) is 0 Å². The molecule has 1 amide bonds. The molecule has 0 aromatic heterocycles. The average molecular weight is 228 g/mol. The number of hydrogen-bond acceptors (Lipinski definition) is 4. The Hall–Kier alpha value is -1.10. The van der Waals surface area contributed by atoms with Crippen molar-refractivity contribution in [2.75, 3.05) is 19.7 Å². The van der Waals surface area contributed by atoms with Gasteiger partial charge < -0.3 is 15.4 Å². The van der Waals surface area contributed by atoms with E-state index in [1.807, 2.05) is 0 Å². The van der Waals surface area contributed by atoms with Gasteiger partial charge in [-0.2, -0.15) is 0 Å². The number of ether oxygens (including phenoxy) is 1. The molecule has 0 aromatic carbocycles. The minimum atomic E-state index is -0.424. The molecule has 1 heterocycles. The first-order valence-corrected chi connectivity index (χ1v) is 5.90. The summed E-state index contributed by atoms with van der Waals surface area (Å²) in [5, 5.41) is 5.69. The average Bonchev–Trinajstić information content (AvgIpc) is 2.28. The van der Waals surface area contributed by atoms with Gasteiger partial charge in [-0.05, 0) is 6.42 Å². The van der Waals surface area contributed by atoms with Crippen molar-refractivity contribution in [3.05, 3.63) is 0 Å². The minimum absolute atomic E-state index is 0.114. The Morgan fingerprint density at radius 3 is 2.94 bits per heavy atom. The van der Waals surface area contributed by atoms with Gasteiger partial charge in [0.2, 0.25) is 5.91 Å². The Morgan fingerprint density at radius 1 is 1.44 bits per heavy atom. The van der Waals surface area contributed by atoms with Crippen LogP contribution in [0, 0.1) is 0 Å². The molecule has 2 N–H and O–H groups in total. The zero-order valence-electron chi connectivity index (χ0n) is 9.75. The molecule has 5 heteroatoms. The molecule has 1 rings (SSSR count). The van der Waals surface area contributed by atoms with Gasteiger partial charge in [0, 0.05) is 13.1 Å². The van der Waals surface area contributed by atoms with E-state index < -0.39 is 6.04 Å².